The first-order chi connectivity index (χ1) is 13.0. The summed E-state index contributed by atoms with van der Waals surface area (Å²) in [4.78, 5) is 24.5. The molecule has 1 N–H and O–H groups in total. The lowest BCUT2D eigenvalue weighted by Gasteiger charge is -2.15. The van der Waals surface area contributed by atoms with Crippen molar-refractivity contribution in [1.29, 1.82) is 0 Å². The Morgan fingerprint density at radius 2 is 1.96 bits per heavy atom. The summed E-state index contributed by atoms with van der Waals surface area (Å²) < 4.78 is 6.61. The highest BCUT2D eigenvalue weighted by Gasteiger charge is 2.17. The van der Waals surface area contributed by atoms with Gasteiger partial charge in [0.2, 0.25) is 5.91 Å². The summed E-state index contributed by atoms with van der Waals surface area (Å²) in [5, 5.41) is 4.44. The van der Waals surface area contributed by atoms with E-state index in [9.17, 15) is 9.59 Å². The minimum atomic E-state index is -0.417. The predicted molar refractivity (Wildman–Crippen MR) is 106 cm³/mol. The molecule has 0 aliphatic carbocycles. The van der Waals surface area contributed by atoms with Crippen molar-refractivity contribution in [3.8, 4) is 0 Å². The van der Waals surface area contributed by atoms with E-state index in [4.69, 9.17) is 16.3 Å². The molecule has 2 aromatic carbocycles. The van der Waals surface area contributed by atoms with Crippen LogP contribution in [-0.2, 0) is 22.5 Å². The standard InChI is InChI=1S/C21H21ClN2O3/c1-14(10-15-6-5-7-16(22)11-15)23-20(25)13-24-12-18(21(26)27-2)17-8-3-4-9-19(17)24/h3-9,11-12,14H,10,13H2,1-2H3,(H,23,25)/t14-/m1/s1. The molecule has 0 bridgehead atoms. The van der Waals surface area contributed by atoms with Gasteiger partial charge in [-0.05, 0) is 37.1 Å². The predicted octanol–water partition coefficient (Wildman–Crippen LogP) is 3.83. The zero-order chi connectivity index (χ0) is 19.4. The molecule has 1 heterocycles. The van der Waals surface area contributed by atoms with Crippen LogP contribution < -0.4 is 5.32 Å². The second-order valence-electron chi connectivity index (χ2n) is 6.48. The molecular formula is C21H21ClN2O3. The van der Waals surface area contributed by atoms with Gasteiger partial charge in [-0.2, -0.15) is 0 Å². The highest BCUT2D eigenvalue weighted by molar-refractivity contribution is 6.30. The smallest absolute Gasteiger partial charge is 0.340 e. The fourth-order valence-corrected chi connectivity index (χ4v) is 3.41. The van der Waals surface area contributed by atoms with E-state index in [0.29, 0.717) is 17.0 Å². The summed E-state index contributed by atoms with van der Waals surface area (Å²) in [6, 6.07) is 15.0. The van der Waals surface area contributed by atoms with Gasteiger partial charge in [-0.25, -0.2) is 4.79 Å². The SMILES string of the molecule is COC(=O)c1cn(CC(=O)N[C@H](C)Cc2cccc(Cl)c2)c2ccccc12. The monoisotopic (exact) mass is 384 g/mol. The second kappa shape index (κ2) is 8.27. The maximum atomic E-state index is 12.5. The fraction of sp³-hybridized carbons (Fsp3) is 0.238. The summed E-state index contributed by atoms with van der Waals surface area (Å²) >= 11 is 6.01. The van der Waals surface area contributed by atoms with Gasteiger partial charge in [0.25, 0.3) is 0 Å². The average Bonchev–Trinajstić information content (AvgIpc) is 2.99. The molecule has 3 aromatic rings. The first-order valence-corrected chi connectivity index (χ1v) is 9.05. The molecule has 0 saturated carbocycles. The number of hydrogen-bond acceptors (Lipinski definition) is 3. The normalized spacial score (nSPS) is 12.0. The number of hydrogen-bond donors (Lipinski definition) is 1. The number of fused-ring (bicyclic) bond motifs is 1. The Bertz CT molecular complexity index is 980. The molecule has 3 rings (SSSR count). The minimum absolute atomic E-state index is 0.0436. The molecule has 1 atom stereocenters. The van der Waals surface area contributed by atoms with Crippen LogP contribution in [0.1, 0.15) is 22.8 Å². The van der Waals surface area contributed by atoms with Crippen LogP contribution in [0.3, 0.4) is 0 Å². The number of esters is 1. The summed E-state index contributed by atoms with van der Waals surface area (Å²) in [7, 11) is 1.35. The Balaban J connectivity index is 1.71. The Kier molecular flexibility index (Phi) is 5.81. The van der Waals surface area contributed by atoms with Crippen LogP contribution in [-0.4, -0.2) is 29.6 Å². The van der Waals surface area contributed by atoms with Crippen molar-refractivity contribution < 1.29 is 14.3 Å². The lowest BCUT2D eigenvalue weighted by molar-refractivity contribution is -0.122. The van der Waals surface area contributed by atoms with Gasteiger partial charge in [0.05, 0.1) is 12.7 Å². The number of rotatable bonds is 6. The first-order valence-electron chi connectivity index (χ1n) is 8.68. The van der Waals surface area contributed by atoms with Crippen molar-refractivity contribution in [1.82, 2.24) is 9.88 Å². The number of amides is 1. The molecule has 0 unspecified atom stereocenters. The Labute approximate surface area is 162 Å². The van der Waals surface area contributed by atoms with E-state index >= 15 is 0 Å². The molecule has 1 amide bonds. The van der Waals surface area contributed by atoms with E-state index in [-0.39, 0.29) is 18.5 Å². The van der Waals surface area contributed by atoms with Crippen LogP contribution in [0.5, 0.6) is 0 Å². The summed E-state index contributed by atoms with van der Waals surface area (Å²) in [5.74, 6) is -0.540. The number of aromatic nitrogens is 1. The Hall–Kier alpha value is -2.79. The highest BCUT2D eigenvalue weighted by atomic mass is 35.5. The fourth-order valence-electron chi connectivity index (χ4n) is 3.19. The zero-order valence-electron chi connectivity index (χ0n) is 15.2. The molecule has 27 heavy (non-hydrogen) atoms. The molecule has 1 aromatic heterocycles. The largest absolute Gasteiger partial charge is 0.465 e. The molecule has 0 radical (unpaired) electrons. The third-order valence-electron chi connectivity index (χ3n) is 4.35. The van der Waals surface area contributed by atoms with E-state index in [1.165, 1.54) is 7.11 Å². The van der Waals surface area contributed by atoms with Crippen LogP contribution in [0.15, 0.2) is 54.7 Å². The number of carbonyl (C=O) groups is 2. The number of nitrogens with zero attached hydrogens (tertiary/aromatic N) is 1. The van der Waals surface area contributed by atoms with Gasteiger partial charge in [-0.1, -0.05) is 41.9 Å². The number of halogens is 1. The quantitative estimate of drug-likeness (QED) is 0.657. The number of methoxy groups -OCH3 is 1. The van der Waals surface area contributed by atoms with Gasteiger partial charge >= 0.3 is 5.97 Å². The van der Waals surface area contributed by atoms with Gasteiger partial charge in [0.1, 0.15) is 6.54 Å². The van der Waals surface area contributed by atoms with Crippen molar-refractivity contribution in [3.05, 3.63) is 70.9 Å². The molecular weight excluding hydrogens is 364 g/mol. The van der Waals surface area contributed by atoms with Crippen molar-refractivity contribution in [3.63, 3.8) is 0 Å². The van der Waals surface area contributed by atoms with Crippen molar-refractivity contribution in [2.45, 2.75) is 25.9 Å². The van der Waals surface area contributed by atoms with Crippen molar-refractivity contribution in [2.24, 2.45) is 0 Å². The molecule has 0 aliphatic rings. The van der Waals surface area contributed by atoms with Gasteiger partial charge in [0.15, 0.2) is 0 Å². The van der Waals surface area contributed by atoms with Gasteiger partial charge in [-0.3, -0.25) is 4.79 Å². The van der Waals surface area contributed by atoms with Crippen LogP contribution in [0.4, 0.5) is 0 Å². The summed E-state index contributed by atoms with van der Waals surface area (Å²) in [6.45, 7) is 2.07. The topological polar surface area (TPSA) is 60.3 Å². The number of para-hydroxylation sites is 1. The number of nitrogens with one attached hydrogen (secondary N) is 1. The highest BCUT2D eigenvalue weighted by Crippen LogP contribution is 2.22. The first kappa shape index (κ1) is 19.0. The zero-order valence-corrected chi connectivity index (χ0v) is 16.0. The molecule has 140 valence electrons. The van der Waals surface area contributed by atoms with Gasteiger partial charge in [-0.15, -0.1) is 0 Å². The summed E-state index contributed by atoms with van der Waals surface area (Å²) in [5.41, 5.74) is 2.33. The Morgan fingerprint density at radius 3 is 2.70 bits per heavy atom. The van der Waals surface area contributed by atoms with Crippen LogP contribution in [0.2, 0.25) is 5.02 Å². The molecule has 0 spiro atoms. The van der Waals surface area contributed by atoms with Gasteiger partial charge < -0.3 is 14.6 Å². The number of benzene rings is 2. The maximum Gasteiger partial charge on any atom is 0.340 e. The lowest BCUT2D eigenvalue weighted by atomic mass is 10.1. The maximum absolute atomic E-state index is 12.5. The summed E-state index contributed by atoms with van der Waals surface area (Å²) in [6.07, 6.45) is 2.35. The number of carbonyl (C=O) groups excluding carboxylic acids is 2. The van der Waals surface area contributed by atoms with E-state index in [2.05, 4.69) is 5.32 Å². The van der Waals surface area contributed by atoms with E-state index in [1.54, 1.807) is 10.8 Å². The minimum Gasteiger partial charge on any atom is -0.465 e. The van der Waals surface area contributed by atoms with E-state index < -0.39 is 5.97 Å². The van der Waals surface area contributed by atoms with Crippen molar-refractivity contribution >= 4 is 34.4 Å². The number of ether oxygens (including phenoxy) is 1. The molecule has 5 nitrogen and oxygen atoms in total. The van der Waals surface area contributed by atoms with Crippen LogP contribution >= 0.6 is 11.6 Å². The molecule has 0 aliphatic heterocycles. The molecule has 0 saturated heterocycles. The van der Waals surface area contributed by atoms with E-state index in [0.717, 1.165) is 16.5 Å². The third kappa shape index (κ3) is 4.49. The molecule has 0 fully saturated rings. The van der Waals surface area contributed by atoms with E-state index in [1.807, 2.05) is 55.5 Å². The van der Waals surface area contributed by atoms with Gasteiger partial charge in [0, 0.05) is 28.2 Å². The van der Waals surface area contributed by atoms with Crippen LogP contribution in [0, 0.1) is 0 Å². The molecule has 6 heteroatoms. The second-order valence-corrected chi connectivity index (χ2v) is 6.92. The average molecular weight is 385 g/mol. The lowest BCUT2D eigenvalue weighted by Crippen LogP contribution is -2.36. The third-order valence-corrected chi connectivity index (χ3v) is 4.58. The van der Waals surface area contributed by atoms with Crippen molar-refractivity contribution in [2.75, 3.05) is 7.11 Å². The van der Waals surface area contributed by atoms with Crippen LogP contribution in [0.25, 0.3) is 10.9 Å². The Morgan fingerprint density at radius 1 is 1.19 bits per heavy atom.